The van der Waals surface area contributed by atoms with E-state index in [0.717, 1.165) is 10.4 Å². The topological polar surface area (TPSA) is 46.2 Å². The van der Waals surface area contributed by atoms with E-state index in [9.17, 15) is 12.8 Å². The average Bonchev–Trinajstić information content (AvgIpc) is 3.10. The number of aryl methyl sites for hydroxylation is 2. The van der Waals surface area contributed by atoms with Gasteiger partial charge in [0.2, 0.25) is 10.0 Å². The van der Waals surface area contributed by atoms with Gasteiger partial charge in [-0.1, -0.05) is 30.3 Å². The summed E-state index contributed by atoms with van der Waals surface area (Å²) >= 11 is 1.45. The molecule has 0 fully saturated rings. The fraction of sp³-hybridized carbons (Fsp3) is 0.158. The highest BCUT2D eigenvalue weighted by atomic mass is 32.2. The summed E-state index contributed by atoms with van der Waals surface area (Å²) in [5.74, 6) is -0.355. The van der Waals surface area contributed by atoms with Gasteiger partial charge in [0.25, 0.3) is 0 Å². The summed E-state index contributed by atoms with van der Waals surface area (Å²) in [5, 5.41) is 1.89. The molecule has 0 bridgehead atoms. The van der Waals surface area contributed by atoms with Crippen LogP contribution < -0.4 is 4.72 Å². The molecule has 2 aromatic carbocycles. The van der Waals surface area contributed by atoms with Crippen LogP contribution in [0.1, 0.15) is 27.6 Å². The van der Waals surface area contributed by atoms with Crippen LogP contribution >= 0.6 is 11.3 Å². The maximum absolute atomic E-state index is 13.3. The van der Waals surface area contributed by atoms with E-state index in [0.29, 0.717) is 11.1 Å². The molecule has 0 aliphatic rings. The molecule has 3 aromatic rings. The zero-order valence-electron chi connectivity index (χ0n) is 13.9. The fourth-order valence-corrected chi connectivity index (χ4v) is 5.03. The van der Waals surface area contributed by atoms with Crippen molar-refractivity contribution in [3.63, 3.8) is 0 Å². The number of hydrogen-bond acceptors (Lipinski definition) is 3. The zero-order valence-corrected chi connectivity index (χ0v) is 15.5. The molecular formula is C19H18FNO2S2. The molecule has 25 heavy (non-hydrogen) atoms. The Balaban J connectivity index is 2.03. The van der Waals surface area contributed by atoms with Crippen molar-refractivity contribution in [2.75, 3.05) is 0 Å². The number of sulfonamides is 1. The van der Waals surface area contributed by atoms with Crippen LogP contribution in [0, 0.1) is 19.7 Å². The minimum Gasteiger partial charge on any atom is -0.207 e. The Kier molecular flexibility index (Phi) is 5.03. The van der Waals surface area contributed by atoms with Crippen LogP contribution in [0.2, 0.25) is 0 Å². The highest BCUT2D eigenvalue weighted by Gasteiger charge is 2.25. The number of thiophene rings is 1. The van der Waals surface area contributed by atoms with Crippen LogP contribution in [-0.2, 0) is 10.0 Å². The standard InChI is InChI=1S/C19H18FNO2S2/c1-13-5-6-14(2)18(12-13)25(22,23)21-19(17-4-3-11-24-17)15-7-9-16(20)10-8-15/h3-12,19,21H,1-2H3. The molecule has 0 aliphatic carbocycles. The average molecular weight is 375 g/mol. The van der Waals surface area contributed by atoms with Crippen LogP contribution in [-0.4, -0.2) is 8.42 Å². The van der Waals surface area contributed by atoms with Gasteiger partial charge in [-0.05, 0) is 60.2 Å². The largest absolute Gasteiger partial charge is 0.241 e. The predicted molar refractivity (Wildman–Crippen MR) is 98.8 cm³/mol. The summed E-state index contributed by atoms with van der Waals surface area (Å²) in [5.41, 5.74) is 2.25. The van der Waals surface area contributed by atoms with E-state index in [2.05, 4.69) is 4.72 Å². The zero-order chi connectivity index (χ0) is 18.0. The molecule has 0 spiro atoms. The van der Waals surface area contributed by atoms with Crippen molar-refractivity contribution in [2.24, 2.45) is 0 Å². The van der Waals surface area contributed by atoms with Gasteiger partial charge in [0, 0.05) is 4.88 Å². The summed E-state index contributed by atoms with van der Waals surface area (Å²) in [6, 6.07) is 14.4. The van der Waals surface area contributed by atoms with Crippen LogP contribution in [0.15, 0.2) is 64.9 Å². The highest BCUT2D eigenvalue weighted by Crippen LogP contribution is 2.29. The maximum atomic E-state index is 13.3. The molecular weight excluding hydrogens is 357 g/mol. The van der Waals surface area contributed by atoms with E-state index in [4.69, 9.17) is 0 Å². The van der Waals surface area contributed by atoms with Gasteiger partial charge >= 0.3 is 0 Å². The normalized spacial score (nSPS) is 12.9. The summed E-state index contributed by atoms with van der Waals surface area (Å²) in [4.78, 5) is 1.11. The second kappa shape index (κ2) is 7.07. The van der Waals surface area contributed by atoms with Crippen LogP contribution in [0.3, 0.4) is 0 Å². The number of rotatable bonds is 5. The molecule has 0 radical (unpaired) electrons. The first-order chi connectivity index (χ1) is 11.9. The van der Waals surface area contributed by atoms with E-state index in [1.807, 2.05) is 30.5 Å². The van der Waals surface area contributed by atoms with Crippen molar-refractivity contribution in [1.29, 1.82) is 0 Å². The molecule has 0 saturated heterocycles. The molecule has 1 unspecified atom stereocenters. The van der Waals surface area contributed by atoms with Crippen molar-refractivity contribution in [3.05, 3.63) is 87.4 Å². The lowest BCUT2D eigenvalue weighted by atomic mass is 10.1. The van der Waals surface area contributed by atoms with Crippen LogP contribution in [0.4, 0.5) is 4.39 Å². The summed E-state index contributed by atoms with van der Waals surface area (Å²) in [6.07, 6.45) is 0. The van der Waals surface area contributed by atoms with Gasteiger partial charge in [-0.25, -0.2) is 12.8 Å². The van der Waals surface area contributed by atoms with Gasteiger partial charge in [-0.2, -0.15) is 4.72 Å². The first-order valence-corrected chi connectivity index (χ1v) is 10.1. The Morgan fingerprint density at radius 1 is 1.04 bits per heavy atom. The first kappa shape index (κ1) is 17.8. The maximum Gasteiger partial charge on any atom is 0.241 e. The second-order valence-corrected chi connectivity index (χ2v) is 8.55. The Hall–Kier alpha value is -2.02. The third kappa shape index (κ3) is 3.98. The smallest absolute Gasteiger partial charge is 0.207 e. The Morgan fingerprint density at radius 2 is 1.76 bits per heavy atom. The fourth-order valence-electron chi connectivity index (χ4n) is 2.62. The van der Waals surface area contributed by atoms with E-state index in [1.165, 1.54) is 23.5 Å². The van der Waals surface area contributed by atoms with Gasteiger partial charge in [-0.3, -0.25) is 0 Å². The molecule has 3 nitrogen and oxygen atoms in total. The summed E-state index contributed by atoms with van der Waals surface area (Å²) < 4.78 is 42.0. The highest BCUT2D eigenvalue weighted by molar-refractivity contribution is 7.89. The molecule has 0 saturated carbocycles. The summed E-state index contributed by atoms with van der Waals surface area (Å²) in [7, 11) is -3.73. The molecule has 1 atom stereocenters. The Labute approximate surface area is 151 Å². The van der Waals surface area contributed by atoms with E-state index in [1.54, 1.807) is 31.2 Å². The predicted octanol–water partition coefficient (Wildman–Crippen LogP) is 4.57. The van der Waals surface area contributed by atoms with E-state index < -0.39 is 16.1 Å². The van der Waals surface area contributed by atoms with Gasteiger partial charge < -0.3 is 0 Å². The van der Waals surface area contributed by atoms with Gasteiger partial charge in [0.15, 0.2) is 0 Å². The molecule has 0 amide bonds. The van der Waals surface area contributed by atoms with Gasteiger partial charge in [-0.15, -0.1) is 11.3 Å². The number of hydrogen-bond donors (Lipinski definition) is 1. The molecule has 1 N–H and O–H groups in total. The van der Waals surface area contributed by atoms with Crippen LogP contribution in [0.5, 0.6) is 0 Å². The SMILES string of the molecule is Cc1ccc(C)c(S(=O)(=O)NC(c2ccc(F)cc2)c2cccs2)c1. The Morgan fingerprint density at radius 3 is 2.40 bits per heavy atom. The van der Waals surface area contributed by atoms with Gasteiger partial charge in [0.05, 0.1) is 10.9 Å². The monoisotopic (exact) mass is 375 g/mol. The molecule has 6 heteroatoms. The third-order valence-corrected chi connectivity index (χ3v) is 6.44. The molecule has 3 rings (SSSR count). The van der Waals surface area contributed by atoms with Crippen molar-refractivity contribution >= 4 is 21.4 Å². The molecule has 0 aliphatic heterocycles. The molecule has 130 valence electrons. The number of nitrogens with one attached hydrogen (secondary N) is 1. The molecule has 1 aromatic heterocycles. The van der Waals surface area contributed by atoms with Gasteiger partial charge in [0.1, 0.15) is 5.82 Å². The minimum atomic E-state index is -3.73. The third-order valence-electron chi connectivity index (χ3n) is 3.94. The minimum absolute atomic E-state index is 0.260. The first-order valence-electron chi connectivity index (χ1n) is 7.75. The van der Waals surface area contributed by atoms with Crippen molar-refractivity contribution < 1.29 is 12.8 Å². The van der Waals surface area contributed by atoms with Crippen molar-refractivity contribution in [3.8, 4) is 0 Å². The van der Waals surface area contributed by atoms with Crippen molar-refractivity contribution in [1.82, 2.24) is 4.72 Å². The summed E-state index contributed by atoms with van der Waals surface area (Å²) in [6.45, 7) is 3.63. The Bertz CT molecular complexity index is 965. The number of benzene rings is 2. The molecule has 1 heterocycles. The van der Waals surface area contributed by atoms with E-state index >= 15 is 0 Å². The van der Waals surface area contributed by atoms with Crippen molar-refractivity contribution in [2.45, 2.75) is 24.8 Å². The number of halogens is 1. The van der Waals surface area contributed by atoms with E-state index in [-0.39, 0.29) is 10.7 Å². The van der Waals surface area contributed by atoms with Crippen LogP contribution in [0.25, 0.3) is 0 Å². The lowest BCUT2D eigenvalue weighted by molar-refractivity contribution is 0.572. The quantitative estimate of drug-likeness (QED) is 0.710. The lowest BCUT2D eigenvalue weighted by Crippen LogP contribution is -2.29. The second-order valence-electron chi connectivity index (χ2n) is 5.89. The lowest BCUT2D eigenvalue weighted by Gasteiger charge is -2.19.